The minimum absolute atomic E-state index is 0.0924. The largest absolute Gasteiger partial charge is 0.497 e. The van der Waals surface area contributed by atoms with Gasteiger partial charge in [0.15, 0.2) is 5.82 Å². The van der Waals surface area contributed by atoms with Crippen LogP contribution < -0.4 is 30.3 Å². The lowest BCUT2D eigenvalue weighted by molar-refractivity contribution is -0.143. The highest BCUT2D eigenvalue weighted by Gasteiger charge is 2.37. The number of rotatable bonds is 8. The van der Waals surface area contributed by atoms with Gasteiger partial charge in [0.1, 0.15) is 23.4 Å². The van der Waals surface area contributed by atoms with Crippen molar-refractivity contribution in [2.75, 3.05) is 62.2 Å². The number of fused-ring (bicyclic) bond motifs is 1. The summed E-state index contributed by atoms with van der Waals surface area (Å²) < 4.78 is 26.3. The number of piperazine rings is 1. The first-order valence-electron chi connectivity index (χ1n) is 16.5. The summed E-state index contributed by atoms with van der Waals surface area (Å²) in [6.45, 7) is 5.09. The highest BCUT2D eigenvalue weighted by Crippen LogP contribution is 2.37. The molecule has 50 heavy (non-hydrogen) atoms. The van der Waals surface area contributed by atoms with E-state index >= 15 is 0 Å². The zero-order valence-electron chi connectivity index (χ0n) is 28.5. The molecular weight excluding hydrogens is 645 g/mol. The molecular formula is C36H40FN7O6. The van der Waals surface area contributed by atoms with Gasteiger partial charge in [0.25, 0.3) is 5.56 Å². The maximum atomic E-state index is 14.3. The molecule has 0 radical (unpaired) electrons. The predicted molar refractivity (Wildman–Crippen MR) is 187 cm³/mol. The number of likely N-dealkylation sites (tertiary alicyclic amines) is 1. The van der Waals surface area contributed by atoms with Crippen LogP contribution in [0.5, 0.6) is 11.5 Å². The van der Waals surface area contributed by atoms with Crippen molar-refractivity contribution >= 4 is 40.1 Å². The van der Waals surface area contributed by atoms with Gasteiger partial charge < -0.3 is 29.6 Å². The number of hydrogen-bond acceptors (Lipinski definition) is 8. The van der Waals surface area contributed by atoms with Crippen LogP contribution in [0.3, 0.4) is 0 Å². The molecule has 2 fully saturated rings. The number of aromatic nitrogens is 2. The predicted octanol–water partition coefficient (Wildman–Crippen LogP) is 4.14. The Labute approximate surface area is 288 Å². The van der Waals surface area contributed by atoms with E-state index in [1.807, 2.05) is 5.01 Å². The van der Waals surface area contributed by atoms with Gasteiger partial charge in [-0.05, 0) is 68.3 Å². The number of ether oxygens (including phenoxy) is 2. The first-order valence-corrected chi connectivity index (χ1v) is 16.5. The zero-order valence-corrected chi connectivity index (χ0v) is 28.5. The van der Waals surface area contributed by atoms with Crippen molar-refractivity contribution in [3.05, 3.63) is 88.7 Å². The van der Waals surface area contributed by atoms with Crippen molar-refractivity contribution in [2.24, 2.45) is 0 Å². The Balaban J connectivity index is 1.39. The molecule has 2 aliphatic rings. The molecule has 0 saturated carbocycles. The topological polar surface area (TPSA) is 130 Å². The summed E-state index contributed by atoms with van der Waals surface area (Å²) in [5.74, 6) is 0.460. The number of benzene rings is 3. The number of nitrogens with one attached hydrogen (secondary N) is 1. The Morgan fingerprint density at radius 1 is 0.960 bits per heavy atom. The van der Waals surface area contributed by atoms with Crippen LogP contribution in [0.25, 0.3) is 10.9 Å². The zero-order chi connectivity index (χ0) is 35.5. The van der Waals surface area contributed by atoms with Gasteiger partial charge in [0.05, 0.1) is 49.9 Å². The van der Waals surface area contributed by atoms with Crippen molar-refractivity contribution in [1.29, 1.82) is 0 Å². The van der Waals surface area contributed by atoms with Gasteiger partial charge in [-0.2, -0.15) is 0 Å². The number of methoxy groups -OCH3 is 2. The van der Waals surface area contributed by atoms with Gasteiger partial charge in [0, 0.05) is 38.3 Å². The third kappa shape index (κ3) is 6.65. The van der Waals surface area contributed by atoms with E-state index in [4.69, 9.17) is 14.5 Å². The van der Waals surface area contributed by atoms with Crippen LogP contribution in [0.4, 0.5) is 20.6 Å². The van der Waals surface area contributed by atoms with Gasteiger partial charge in [-0.15, -0.1) is 0 Å². The van der Waals surface area contributed by atoms with Crippen LogP contribution in [-0.4, -0.2) is 90.3 Å². The average Bonchev–Trinajstić information content (AvgIpc) is 3.63. The number of carbonyl (C=O) groups excluding carboxylic acids is 3. The molecule has 0 bridgehead atoms. The van der Waals surface area contributed by atoms with Gasteiger partial charge >= 0.3 is 6.03 Å². The number of urea groups is 1. The molecule has 3 heterocycles. The van der Waals surface area contributed by atoms with E-state index in [-0.39, 0.29) is 23.2 Å². The number of carbonyl (C=O) groups is 3. The summed E-state index contributed by atoms with van der Waals surface area (Å²) in [4.78, 5) is 64.0. The molecule has 4 aromatic rings. The van der Waals surface area contributed by atoms with Crippen LogP contribution in [0.1, 0.15) is 38.6 Å². The first-order chi connectivity index (χ1) is 24.1. The molecule has 262 valence electrons. The fourth-order valence-corrected chi connectivity index (χ4v) is 6.72. The number of anilines is 2. The van der Waals surface area contributed by atoms with E-state index in [0.29, 0.717) is 72.9 Å². The van der Waals surface area contributed by atoms with E-state index in [9.17, 15) is 23.6 Å². The molecule has 0 aliphatic carbocycles. The fourth-order valence-electron chi connectivity index (χ4n) is 6.72. The van der Waals surface area contributed by atoms with Crippen molar-refractivity contribution in [3.63, 3.8) is 0 Å². The second kappa shape index (κ2) is 14.4. The molecule has 14 heteroatoms. The molecule has 0 spiro atoms. The lowest BCUT2D eigenvalue weighted by atomic mass is 10.1. The number of halogens is 1. The van der Waals surface area contributed by atoms with E-state index in [1.165, 1.54) is 55.0 Å². The summed E-state index contributed by atoms with van der Waals surface area (Å²) in [6, 6.07) is 15.5. The third-order valence-corrected chi connectivity index (χ3v) is 9.29. The van der Waals surface area contributed by atoms with Gasteiger partial charge in [-0.25, -0.2) is 18.8 Å². The van der Waals surface area contributed by atoms with Crippen molar-refractivity contribution in [3.8, 4) is 11.5 Å². The maximum Gasteiger partial charge on any atom is 0.327 e. The lowest BCUT2D eigenvalue weighted by Crippen LogP contribution is -2.59. The number of nitrogens with zero attached hydrogens (tertiary/aromatic N) is 6. The Bertz CT molecular complexity index is 1960. The third-order valence-electron chi connectivity index (χ3n) is 9.29. The summed E-state index contributed by atoms with van der Waals surface area (Å²) in [7, 11) is 3.00. The molecule has 1 N–H and O–H groups in total. The molecule has 2 atom stereocenters. The molecule has 2 aliphatic heterocycles. The van der Waals surface area contributed by atoms with E-state index < -0.39 is 23.9 Å². The summed E-state index contributed by atoms with van der Waals surface area (Å²) in [6.07, 6.45) is 1.40. The summed E-state index contributed by atoms with van der Waals surface area (Å²) in [5, 5.41) is 5.08. The molecule has 2 saturated heterocycles. The Kier molecular flexibility index (Phi) is 9.88. The minimum atomic E-state index is -0.864. The smallest absolute Gasteiger partial charge is 0.327 e. The molecule has 13 nitrogen and oxygen atoms in total. The van der Waals surface area contributed by atoms with E-state index in [1.54, 1.807) is 59.2 Å². The standard InChI is InChI=1S/C36H40FN7O6/c1-23(43(30-16-15-27(49-3)22-32(30)50-4)36(48)38-26-13-11-25(37)12-14-26)33-39-29-9-6-5-8-28(29)34(46)44(33)41-20-18-40(19-21-41)35(47)31-10-7-17-42(31)24(2)45/h5-6,8-9,11-16,22-23,31H,7,10,17-21H2,1-4H3,(H,38,48)/t23?,31-/m0/s1. The summed E-state index contributed by atoms with van der Waals surface area (Å²) >= 11 is 0. The van der Waals surface area contributed by atoms with Crippen LogP contribution in [-0.2, 0) is 9.59 Å². The van der Waals surface area contributed by atoms with Gasteiger partial charge in [0.2, 0.25) is 11.8 Å². The monoisotopic (exact) mass is 685 g/mol. The minimum Gasteiger partial charge on any atom is -0.497 e. The van der Waals surface area contributed by atoms with Crippen LogP contribution in [0.15, 0.2) is 71.5 Å². The first kappa shape index (κ1) is 34.2. The Hall–Kier alpha value is -5.66. The quantitative estimate of drug-likeness (QED) is 0.293. The molecule has 6 rings (SSSR count). The number of hydrogen-bond donors (Lipinski definition) is 1. The van der Waals surface area contributed by atoms with E-state index in [0.717, 1.165) is 6.42 Å². The van der Waals surface area contributed by atoms with Crippen LogP contribution >= 0.6 is 0 Å². The van der Waals surface area contributed by atoms with E-state index in [2.05, 4.69) is 5.32 Å². The highest BCUT2D eigenvalue weighted by atomic mass is 19.1. The average molecular weight is 686 g/mol. The Morgan fingerprint density at radius 2 is 1.68 bits per heavy atom. The second-order valence-electron chi connectivity index (χ2n) is 12.3. The van der Waals surface area contributed by atoms with Crippen molar-refractivity contribution < 1.29 is 28.2 Å². The SMILES string of the molecule is COc1ccc(N(C(=O)Nc2ccc(F)cc2)C(C)c2nc3ccccc3c(=O)n2N2CCN(C(=O)[C@@H]3CCCN3C(C)=O)CC2)c(OC)c1. The van der Waals surface area contributed by atoms with Crippen LogP contribution in [0, 0.1) is 5.82 Å². The molecule has 4 amide bonds. The van der Waals surface area contributed by atoms with Crippen LogP contribution in [0.2, 0.25) is 0 Å². The lowest BCUT2D eigenvalue weighted by Gasteiger charge is -2.40. The van der Waals surface area contributed by atoms with Gasteiger partial charge in [-0.1, -0.05) is 12.1 Å². The van der Waals surface area contributed by atoms with Crippen molar-refractivity contribution in [1.82, 2.24) is 19.5 Å². The normalized spacial score (nSPS) is 16.7. The maximum absolute atomic E-state index is 14.3. The number of amides is 4. The second-order valence-corrected chi connectivity index (χ2v) is 12.3. The molecule has 3 aromatic carbocycles. The highest BCUT2D eigenvalue weighted by molar-refractivity contribution is 6.03. The van der Waals surface area contributed by atoms with Gasteiger partial charge in [-0.3, -0.25) is 19.3 Å². The number of para-hydroxylation sites is 1. The van der Waals surface area contributed by atoms with Crippen molar-refractivity contribution in [2.45, 2.75) is 38.8 Å². The Morgan fingerprint density at radius 3 is 2.36 bits per heavy atom. The molecule has 1 aromatic heterocycles. The fraction of sp³-hybridized carbons (Fsp3) is 0.361. The molecule has 1 unspecified atom stereocenters. The summed E-state index contributed by atoms with van der Waals surface area (Å²) in [5.41, 5.74) is 0.861.